The number of fused-ring (bicyclic) bond motifs is 1. The van der Waals surface area contributed by atoms with Gasteiger partial charge in [0.25, 0.3) is 0 Å². The Morgan fingerprint density at radius 2 is 1.70 bits per heavy atom. The number of rotatable bonds is 6. The van der Waals surface area contributed by atoms with Crippen LogP contribution in [0.4, 0.5) is 0 Å². The molecule has 0 atom stereocenters. The lowest BCUT2D eigenvalue weighted by Gasteiger charge is -2.11. The molecule has 0 saturated heterocycles. The lowest BCUT2D eigenvalue weighted by atomic mass is 10.0. The summed E-state index contributed by atoms with van der Waals surface area (Å²) >= 11 is 0. The molecule has 4 N–H and O–H groups in total. The van der Waals surface area contributed by atoms with E-state index in [0.29, 0.717) is 18.4 Å². The normalized spacial score (nSPS) is 11.9. The highest BCUT2D eigenvalue weighted by Crippen LogP contribution is 2.27. The molecule has 0 aliphatic heterocycles. The van der Waals surface area contributed by atoms with E-state index in [1.54, 1.807) is 6.07 Å². The van der Waals surface area contributed by atoms with Gasteiger partial charge in [-0.1, -0.05) is 42.8 Å². The van der Waals surface area contributed by atoms with Gasteiger partial charge in [0.2, 0.25) is 10.0 Å². The van der Waals surface area contributed by atoms with Gasteiger partial charge in [0.1, 0.15) is 0 Å². The first-order valence-electron chi connectivity index (χ1n) is 6.77. The Labute approximate surface area is 119 Å². The summed E-state index contributed by atoms with van der Waals surface area (Å²) in [4.78, 5) is 0.267. The first-order chi connectivity index (χ1) is 9.54. The van der Waals surface area contributed by atoms with E-state index in [9.17, 15) is 8.42 Å². The Kier molecular flexibility index (Phi) is 4.75. The molecule has 4 nitrogen and oxygen atoms in total. The molecule has 0 fully saturated rings. The Morgan fingerprint density at radius 3 is 2.40 bits per heavy atom. The van der Waals surface area contributed by atoms with Crippen LogP contribution in [0.5, 0.6) is 0 Å². The van der Waals surface area contributed by atoms with Crippen LogP contribution in [0, 0.1) is 0 Å². The summed E-state index contributed by atoms with van der Waals surface area (Å²) < 4.78 is 23.8. The van der Waals surface area contributed by atoms with Gasteiger partial charge >= 0.3 is 0 Å². The third kappa shape index (κ3) is 3.36. The molecule has 0 bridgehead atoms. The number of benzene rings is 2. The minimum atomic E-state index is -3.73. The van der Waals surface area contributed by atoms with Gasteiger partial charge in [0, 0.05) is 5.39 Å². The SMILES string of the molecule is NCCCCCc1ccc2ccccc2c1S(N)(=O)=O. The van der Waals surface area contributed by atoms with Crippen molar-refractivity contribution in [2.75, 3.05) is 6.54 Å². The number of unbranched alkanes of at least 4 members (excludes halogenated alkanes) is 2. The largest absolute Gasteiger partial charge is 0.330 e. The van der Waals surface area contributed by atoms with Crippen molar-refractivity contribution in [3.8, 4) is 0 Å². The Morgan fingerprint density at radius 1 is 0.950 bits per heavy atom. The fourth-order valence-electron chi connectivity index (χ4n) is 2.46. The standard InChI is InChI=1S/C15H20N2O2S/c16-11-5-1-2-7-13-10-9-12-6-3-4-8-14(12)15(13)20(17,18)19/h3-4,6,8-10H,1-2,5,7,11,16H2,(H2,17,18,19). The molecular formula is C15H20N2O2S. The van der Waals surface area contributed by atoms with Crippen LogP contribution >= 0.6 is 0 Å². The fraction of sp³-hybridized carbons (Fsp3) is 0.333. The molecule has 0 heterocycles. The zero-order chi connectivity index (χ0) is 14.6. The maximum absolute atomic E-state index is 11.9. The average Bonchev–Trinajstić information content (AvgIpc) is 2.41. The molecule has 5 heteroatoms. The molecule has 0 unspecified atom stereocenters. The second-order valence-corrected chi connectivity index (χ2v) is 6.42. The number of nitrogens with two attached hydrogens (primary N) is 2. The molecule has 0 aromatic heterocycles. The quantitative estimate of drug-likeness (QED) is 0.800. The highest BCUT2D eigenvalue weighted by atomic mass is 32.2. The van der Waals surface area contributed by atoms with Crippen LogP contribution in [-0.2, 0) is 16.4 Å². The van der Waals surface area contributed by atoms with Gasteiger partial charge in [-0.15, -0.1) is 0 Å². The number of hydrogen-bond donors (Lipinski definition) is 2. The molecular weight excluding hydrogens is 272 g/mol. The van der Waals surface area contributed by atoms with Crippen molar-refractivity contribution in [2.24, 2.45) is 10.9 Å². The maximum Gasteiger partial charge on any atom is 0.238 e. The van der Waals surface area contributed by atoms with Crippen molar-refractivity contribution in [1.82, 2.24) is 0 Å². The third-order valence-corrected chi connectivity index (χ3v) is 4.45. The van der Waals surface area contributed by atoms with Crippen molar-refractivity contribution in [3.63, 3.8) is 0 Å². The number of aryl methyl sites for hydroxylation is 1. The van der Waals surface area contributed by atoms with E-state index < -0.39 is 10.0 Å². The lowest BCUT2D eigenvalue weighted by molar-refractivity contribution is 0.596. The number of sulfonamides is 1. The highest BCUT2D eigenvalue weighted by Gasteiger charge is 2.17. The topological polar surface area (TPSA) is 86.2 Å². The van der Waals surface area contributed by atoms with E-state index in [4.69, 9.17) is 10.9 Å². The highest BCUT2D eigenvalue weighted by molar-refractivity contribution is 7.89. The summed E-state index contributed by atoms with van der Waals surface area (Å²) in [7, 11) is -3.73. The van der Waals surface area contributed by atoms with Crippen molar-refractivity contribution >= 4 is 20.8 Å². The molecule has 2 aromatic rings. The predicted octanol–water partition coefficient (Wildman–Crippen LogP) is 2.16. The Balaban J connectivity index is 2.44. The zero-order valence-corrected chi connectivity index (χ0v) is 12.2. The summed E-state index contributed by atoms with van der Waals surface area (Å²) in [5.41, 5.74) is 6.26. The summed E-state index contributed by atoms with van der Waals surface area (Å²) in [5, 5.41) is 7.00. The second-order valence-electron chi connectivity index (χ2n) is 4.92. The maximum atomic E-state index is 11.9. The van der Waals surface area contributed by atoms with Crippen LogP contribution in [0.2, 0.25) is 0 Å². The summed E-state index contributed by atoms with van der Waals surface area (Å²) in [6.07, 6.45) is 3.57. The van der Waals surface area contributed by atoms with Crippen molar-refractivity contribution in [2.45, 2.75) is 30.6 Å². The molecule has 2 aromatic carbocycles. The fourth-order valence-corrected chi connectivity index (χ4v) is 3.49. The van der Waals surface area contributed by atoms with Gasteiger partial charge in [-0.05, 0) is 36.8 Å². The van der Waals surface area contributed by atoms with Crippen LogP contribution in [0.1, 0.15) is 24.8 Å². The molecule has 0 saturated carbocycles. The van der Waals surface area contributed by atoms with Crippen LogP contribution in [0.15, 0.2) is 41.3 Å². The summed E-state index contributed by atoms with van der Waals surface area (Å²) in [6.45, 7) is 0.666. The number of hydrogen-bond acceptors (Lipinski definition) is 3. The minimum absolute atomic E-state index is 0.267. The van der Waals surface area contributed by atoms with Gasteiger partial charge in [0.15, 0.2) is 0 Å². The van der Waals surface area contributed by atoms with E-state index in [1.165, 1.54) is 0 Å². The van der Waals surface area contributed by atoms with Crippen LogP contribution < -0.4 is 10.9 Å². The summed E-state index contributed by atoms with van der Waals surface area (Å²) in [5.74, 6) is 0. The molecule has 20 heavy (non-hydrogen) atoms. The monoisotopic (exact) mass is 292 g/mol. The van der Waals surface area contributed by atoms with Gasteiger partial charge in [-0.25, -0.2) is 13.6 Å². The lowest BCUT2D eigenvalue weighted by Crippen LogP contribution is -2.15. The van der Waals surface area contributed by atoms with E-state index >= 15 is 0 Å². The number of primary sulfonamides is 1. The molecule has 108 valence electrons. The smallest absolute Gasteiger partial charge is 0.238 e. The summed E-state index contributed by atoms with van der Waals surface area (Å²) in [6, 6.07) is 11.2. The van der Waals surface area contributed by atoms with Gasteiger partial charge < -0.3 is 5.73 Å². The second kappa shape index (κ2) is 6.35. The molecule has 0 spiro atoms. The molecule has 0 amide bonds. The van der Waals surface area contributed by atoms with E-state index in [1.807, 2.05) is 30.3 Å². The van der Waals surface area contributed by atoms with E-state index in [0.717, 1.165) is 30.2 Å². The van der Waals surface area contributed by atoms with Gasteiger partial charge in [0.05, 0.1) is 4.90 Å². The van der Waals surface area contributed by atoms with E-state index in [-0.39, 0.29) is 4.90 Å². The van der Waals surface area contributed by atoms with Crippen molar-refractivity contribution < 1.29 is 8.42 Å². The van der Waals surface area contributed by atoms with E-state index in [2.05, 4.69) is 0 Å². The zero-order valence-electron chi connectivity index (χ0n) is 11.4. The Hall–Kier alpha value is -1.43. The van der Waals surface area contributed by atoms with Crippen LogP contribution in [-0.4, -0.2) is 15.0 Å². The minimum Gasteiger partial charge on any atom is -0.330 e. The van der Waals surface area contributed by atoms with Crippen LogP contribution in [0.3, 0.4) is 0 Å². The molecule has 2 rings (SSSR count). The molecule has 0 aliphatic rings. The van der Waals surface area contributed by atoms with Crippen molar-refractivity contribution in [3.05, 3.63) is 42.0 Å². The van der Waals surface area contributed by atoms with Gasteiger partial charge in [-0.2, -0.15) is 0 Å². The average molecular weight is 292 g/mol. The predicted molar refractivity (Wildman–Crippen MR) is 81.9 cm³/mol. The Bertz CT molecular complexity index is 696. The van der Waals surface area contributed by atoms with Crippen molar-refractivity contribution in [1.29, 1.82) is 0 Å². The molecule has 0 radical (unpaired) electrons. The third-order valence-electron chi connectivity index (χ3n) is 3.40. The van der Waals surface area contributed by atoms with Crippen LogP contribution in [0.25, 0.3) is 10.8 Å². The van der Waals surface area contributed by atoms with Gasteiger partial charge in [-0.3, -0.25) is 0 Å². The first-order valence-corrected chi connectivity index (χ1v) is 8.32. The first kappa shape index (κ1) is 15.0. The molecule has 0 aliphatic carbocycles.